The summed E-state index contributed by atoms with van der Waals surface area (Å²) in [5.74, 6) is 0.571. The van der Waals surface area contributed by atoms with Crippen molar-refractivity contribution in [1.29, 1.82) is 0 Å². The lowest BCUT2D eigenvalue weighted by atomic mass is 10.0. The third-order valence-electron chi connectivity index (χ3n) is 3.95. The number of amides is 2. The van der Waals surface area contributed by atoms with E-state index < -0.39 is 0 Å². The van der Waals surface area contributed by atoms with Gasteiger partial charge >= 0.3 is 6.03 Å². The van der Waals surface area contributed by atoms with Crippen LogP contribution in [0, 0.1) is 5.92 Å². The van der Waals surface area contributed by atoms with Crippen LogP contribution in [0.1, 0.15) is 6.92 Å². The molecular formula is C11H16N4OS. The molecule has 1 aromatic rings. The number of hydrogen-bond donors (Lipinski definition) is 1. The number of carbonyl (C=O) groups excluding carboxylic acids is 1. The summed E-state index contributed by atoms with van der Waals surface area (Å²) in [6, 6.07) is 0.861. The summed E-state index contributed by atoms with van der Waals surface area (Å²) < 4.78 is 0. The zero-order valence-corrected chi connectivity index (χ0v) is 10.8. The van der Waals surface area contributed by atoms with Crippen LogP contribution in [-0.4, -0.2) is 53.0 Å². The van der Waals surface area contributed by atoms with E-state index in [-0.39, 0.29) is 6.03 Å². The predicted octanol–water partition coefficient (Wildman–Crippen LogP) is 1.31. The van der Waals surface area contributed by atoms with Crippen molar-refractivity contribution in [3.8, 4) is 0 Å². The van der Waals surface area contributed by atoms with Gasteiger partial charge in [0.05, 0.1) is 6.04 Å². The topological polar surface area (TPSA) is 48.5 Å². The van der Waals surface area contributed by atoms with Gasteiger partial charge in [-0.2, -0.15) is 0 Å². The lowest BCUT2D eigenvalue weighted by molar-refractivity contribution is 0.161. The average Bonchev–Trinajstić information content (AvgIpc) is 2.95. The summed E-state index contributed by atoms with van der Waals surface area (Å²) in [6.45, 7) is 4.05. The van der Waals surface area contributed by atoms with Crippen LogP contribution in [0.5, 0.6) is 0 Å². The van der Waals surface area contributed by atoms with Crippen LogP contribution in [0.25, 0.3) is 0 Å². The number of likely N-dealkylation sites (N-methyl/N-ethyl adjacent to an activating group) is 1. The smallest absolute Gasteiger partial charge is 0.318 e. The number of carbonyl (C=O) groups is 1. The van der Waals surface area contributed by atoms with Crippen LogP contribution in [-0.2, 0) is 0 Å². The van der Waals surface area contributed by atoms with Crippen molar-refractivity contribution < 1.29 is 4.79 Å². The number of hydrogen-bond acceptors (Lipinski definition) is 4. The van der Waals surface area contributed by atoms with E-state index in [2.05, 4.69) is 29.2 Å². The molecule has 1 N–H and O–H groups in total. The molecule has 0 radical (unpaired) electrons. The van der Waals surface area contributed by atoms with E-state index in [4.69, 9.17) is 0 Å². The van der Waals surface area contributed by atoms with E-state index in [0.29, 0.717) is 23.1 Å². The Hall–Kier alpha value is -1.14. The van der Waals surface area contributed by atoms with Gasteiger partial charge in [0.15, 0.2) is 5.13 Å². The van der Waals surface area contributed by atoms with Crippen LogP contribution in [0.4, 0.5) is 9.93 Å². The Balaban J connectivity index is 1.69. The van der Waals surface area contributed by atoms with E-state index in [1.807, 2.05) is 10.3 Å². The zero-order valence-electron chi connectivity index (χ0n) is 9.96. The fraction of sp³-hybridized carbons (Fsp3) is 0.636. The molecule has 2 saturated heterocycles. The van der Waals surface area contributed by atoms with Crippen molar-refractivity contribution >= 4 is 22.5 Å². The monoisotopic (exact) mass is 252 g/mol. The minimum absolute atomic E-state index is 0.00704. The SMILES string of the molecule is CC1C2CN(C(=O)Nc3nccs3)C1CN2C. The molecule has 0 saturated carbocycles. The largest absolute Gasteiger partial charge is 0.324 e. The van der Waals surface area contributed by atoms with Gasteiger partial charge < -0.3 is 4.90 Å². The summed E-state index contributed by atoms with van der Waals surface area (Å²) in [7, 11) is 2.14. The Bertz CT molecular complexity index is 421. The summed E-state index contributed by atoms with van der Waals surface area (Å²) in [5, 5.41) is 5.40. The molecule has 3 unspecified atom stereocenters. The first-order valence-corrected chi connectivity index (χ1v) is 6.72. The molecule has 1 aromatic heterocycles. The van der Waals surface area contributed by atoms with Crippen molar-refractivity contribution in [3.05, 3.63) is 11.6 Å². The van der Waals surface area contributed by atoms with Gasteiger partial charge in [-0.25, -0.2) is 9.78 Å². The average molecular weight is 252 g/mol. The Labute approximate surface area is 104 Å². The van der Waals surface area contributed by atoms with E-state index in [0.717, 1.165) is 13.1 Å². The van der Waals surface area contributed by atoms with Crippen molar-refractivity contribution in [1.82, 2.24) is 14.8 Å². The molecule has 2 aliphatic rings. The van der Waals surface area contributed by atoms with Gasteiger partial charge in [-0.1, -0.05) is 6.92 Å². The highest BCUT2D eigenvalue weighted by Crippen LogP contribution is 2.35. The molecule has 3 atom stereocenters. The minimum Gasteiger partial charge on any atom is -0.318 e. The maximum atomic E-state index is 12.1. The Morgan fingerprint density at radius 1 is 1.53 bits per heavy atom. The molecule has 2 amide bonds. The molecule has 5 nitrogen and oxygen atoms in total. The van der Waals surface area contributed by atoms with Gasteiger partial charge in [-0.3, -0.25) is 10.2 Å². The second kappa shape index (κ2) is 3.96. The molecule has 2 bridgehead atoms. The number of fused-ring (bicyclic) bond motifs is 2. The van der Waals surface area contributed by atoms with Crippen LogP contribution in [0.15, 0.2) is 11.6 Å². The Kier molecular flexibility index (Phi) is 2.56. The molecule has 3 heterocycles. The number of piperazine rings is 1. The molecule has 0 spiro atoms. The molecule has 3 rings (SSSR count). The summed E-state index contributed by atoms with van der Waals surface area (Å²) in [6.07, 6.45) is 1.70. The van der Waals surface area contributed by atoms with Gasteiger partial charge in [-0.15, -0.1) is 11.3 Å². The number of nitrogens with one attached hydrogen (secondary N) is 1. The van der Waals surface area contributed by atoms with E-state index >= 15 is 0 Å². The van der Waals surface area contributed by atoms with Crippen LogP contribution >= 0.6 is 11.3 Å². The highest BCUT2D eigenvalue weighted by Gasteiger charge is 2.49. The first kappa shape index (κ1) is 11.0. The molecule has 2 fully saturated rings. The van der Waals surface area contributed by atoms with Gasteiger partial charge in [0.1, 0.15) is 0 Å². The standard InChI is InChI=1S/C11H16N4OS/c1-7-8-6-15(9(7)5-14(8)2)11(16)13-10-12-3-4-17-10/h3-4,7-9H,5-6H2,1-2H3,(H,12,13,16). The first-order valence-electron chi connectivity index (χ1n) is 5.84. The fourth-order valence-corrected chi connectivity index (χ4v) is 3.48. The number of aromatic nitrogens is 1. The second-order valence-electron chi connectivity index (χ2n) is 4.85. The van der Waals surface area contributed by atoms with E-state index in [1.54, 1.807) is 6.20 Å². The number of nitrogens with zero attached hydrogens (tertiary/aromatic N) is 3. The zero-order chi connectivity index (χ0) is 12.0. The number of thiazole rings is 1. The second-order valence-corrected chi connectivity index (χ2v) is 5.75. The van der Waals surface area contributed by atoms with Crippen molar-refractivity contribution in [2.45, 2.75) is 19.0 Å². The molecule has 2 aliphatic heterocycles. The third kappa shape index (κ3) is 1.71. The summed E-state index contributed by atoms with van der Waals surface area (Å²) in [4.78, 5) is 20.5. The predicted molar refractivity (Wildman–Crippen MR) is 67.2 cm³/mol. The highest BCUT2D eigenvalue weighted by atomic mass is 32.1. The molecule has 92 valence electrons. The minimum atomic E-state index is -0.00704. The highest BCUT2D eigenvalue weighted by molar-refractivity contribution is 7.13. The van der Waals surface area contributed by atoms with Crippen LogP contribution < -0.4 is 5.32 Å². The third-order valence-corrected chi connectivity index (χ3v) is 4.63. The number of likely N-dealkylation sites (tertiary alicyclic amines) is 2. The molecular weight excluding hydrogens is 236 g/mol. The fourth-order valence-electron chi connectivity index (χ4n) is 2.96. The van der Waals surface area contributed by atoms with Crippen molar-refractivity contribution in [3.63, 3.8) is 0 Å². The lowest BCUT2D eigenvalue weighted by Gasteiger charge is -2.31. The molecule has 0 aromatic carbocycles. The maximum absolute atomic E-state index is 12.1. The van der Waals surface area contributed by atoms with Crippen LogP contribution in [0.2, 0.25) is 0 Å². The molecule has 17 heavy (non-hydrogen) atoms. The van der Waals surface area contributed by atoms with Crippen molar-refractivity contribution in [2.75, 3.05) is 25.5 Å². The van der Waals surface area contributed by atoms with E-state index in [1.165, 1.54) is 11.3 Å². The molecule has 6 heteroatoms. The van der Waals surface area contributed by atoms with Gasteiger partial charge in [0.25, 0.3) is 0 Å². The number of urea groups is 1. The van der Waals surface area contributed by atoms with E-state index in [9.17, 15) is 4.79 Å². The van der Waals surface area contributed by atoms with Crippen LogP contribution in [0.3, 0.4) is 0 Å². The van der Waals surface area contributed by atoms with Crippen molar-refractivity contribution in [2.24, 2.45) is 5.92 Å². The lowest BCUT2D eigenvalue weighted by Crippen LogP contribution is -2.48. The Morgan fingerprint density at radius 3 is 2.88 bits per heavy atom. The van der Waals surface area contributed by atoms with Gasteiger partial charge in [0, 0.05) is 30.7 Å². The number of anilines is 1. The summed E-state index contributed by atoms with van der Waals surface area (Å²) in [5.41, 5.74) is 0. The normalized spacial score (nSPS) is 32.1. The maximum Gasteiger partial charge on any atom is 0.324 e. The summed E-state index contributed by atoms with van der Waals surface area (Å²) >= 11 is 1.45. The Morgan fingerprint density at radius 2 is 2.35 bits per heavy atom. The van der Waals surface area contributed by atoms with Gasteiger partial charge in [0.2, 0.25) is 0 Å². The quantitative estimate of drug-likeness (QED) is 0.820. The van der Waals surface area contributed by atoms with Gasteiger partial charge in [-0.05, 0) is 13.0 Å². The first-order chi connectivity index (χ1) is 8.16. The molecule has 0 aliphatic carbocycles. The number of rotatable bonds is 1.